The molecule has 8 heteroatoms. The highest BCUT2D eigenvalue weighted by Gasteiger charge is 2.18. The smallest absolute Gasteiger partial charge is 0.250 e. The summed E-state index contributed by atoms with van der Waals surface area (Å²) in [5.41, 5.74) is 0. The molecular formula is C12H11Br2NO3S2. The Bertz CT molecular complexity index is 652. The Morgan fingerprint density at radius 3 is 2.50 bits per heavy atom. The minimum absolute atomic E-state index is 0.213. The summed E-state index contributed by atoms with van der Waals surface area (Å²) in [6.45, 7) is 0.487. The first-order valence-electron chi connectivity index (χ1n) is 5.61. The van der Waals surface area contributed by atoms with Crippen molar-refractivity contribution in [3.63, 3.8) is 0 Å². The lowest BCUT2D eigenvalue weighted by atomic mass is 10.3. The molecule has 0 aliphatic carbocycles. The standard InChI is InChI=1S/C12H11Br2NO3S2/c13-10-8-11(19-12(10)14)20(16,17)15-6-7-18-9-4-2-1-3-5-9/h1-5,8,15H,6-7H2. The van der Waals surface area contributed by atoms with E-state index in [1.165, 1.54) is 0 Å². The highest BCUT2D eigenvalue weighted by atomic mass is 79.9. The molecule has 0 unspecified atom stereocenters. The lowest BCUT2D eigenvalue weighted by Gasteiger charge is -2.07. The van der Waals surface area contributed by atoms with Crippen molar-refractivity contribution in [1.82, 2.24) is 4.72 Å². The van der Waals surface area contributed by atoms with E-state index in [1.807, 2.05) is 30.3 Å². The molecule has 1 heterocycles. The number of halogens is 2. The van der Waals surface area contributed by atoms with Crippen LogP contribution < -0.4 is 9.46 Å². The highest BCUT2D eigenvalue weighted by Crippen LogP contribution is 2.34. The summed E-state index contributed by atoms with van der Waals surface area (Å²) in [6, 6.07) is 10.8. The molecule has 0 saturated heterocycles. The molecule has 0 radical (unpaired) electrons. The van der Waals surface area contributed by atoms with Crippen molar-refractivity contribution in [3.8, 4) is 5.75 Å². The predicted molar refractivity (Wildman–Crippen MR) is 86.8 cm³/mol. The van der Waals surface area contributed by atoms with Crippen LogP contribution in [-0.2, 0) is 10.0 Å². The van der Waals surface area contributed by atoms with E-state index in [9.17, 15) is 8.42 Å². The van der Waals surface area contributed by atoms with Crippen LogP contribution in [0.1, 0.15) is 0 Å². The molecule has 0 aliphatic heterocycles. The van der Waals surface area contributed by atoms with E-state index in [0.29, 0.717) is 5.75 Å². The fourth-order valence-electron chi connectivity index (χ4n) is 1.39. The van der Waals surface area contributed by atoms with Gasteiger partial charge in [-0.25, -0.2) is 13.1 Å². The zero-order valence-electron chi connectivity index (χ0n) is 10.2. The molecule has 0 bridgehead atoms. The summed E-state index contributed by atoms with van der Waals surface area (Å²) in [6.07, 6.45) is 0. The normalized spacial score (nSPS) is 11.5. The van der Waals surface area contributed by atoms with Crippen LogP contribution >= 0.6 is 43.2 Å². The minimum atomic E-state index is -3.49. The Labute approximate surface area is 138 Å². The van der Waals surface area contributed by atoms with Crippen LogP contribution in [0.2, 0.25) is 0 Å². The number of hydrogen-bond acceptors (Lipinski definition) is 4. The molecule has 1 N–H and O–H groups in total. The fraction of sp³-hybridized carbons (Fsp3) is 0.167. The van der Waals surface area contributed by atoms with Gasteiger partial charge in [-0.05, 0) is 50.1 Å². The Balaban J connectivity index is 1.87. The Morgan fingerprint density at radius 1 is 1.20 bits per heavy atom. The number of rotatable bonds is 6. The van der Waals surface area contributed by atoms with Crippen LogP contribution in [-0.4, -0.2) is 21.6 Å². The van der Waals surface area contributed by atoms with Crippen molar-refractivity contribution in [3.05, 3.63) is 44.7 Å². The number of para-hydroxylation sites is 1. The van der Waals surface area contributed by atoms with Crippen molar-refractivity contribution in [2.24, 2.45) is 0 Å². The third-order valence-corrected chi connectivity index (χ3v) is 7.48. The monoisotopic (exact) mass is 439 g/mol. The van der Waals surface area contributed by atoms with Gasteiger partial charge in [-0.15, -0.1) is 11.3 Å². The second-order valence-corrected chi connectivity index (χ2v) is 8.96. The summed E-state index contributed by atoms with van der Waals surface area (Å²) in [5.74, 6) is 0.716. The molecule has 20 heavy (non-hydrogen) atoms. The summed E-state index contributed by atoms with van der Waals surface area (Å²) >= 11 is 7.70. The number of benzene rings is 1. The van der Waals surface area contributed by atoms with Gasteiger partial charge in [0.1, 0.15) is 16.6 Å². The molecule has 4 nitrogen and oxygen atoms in total. The molecule has 2 rings (SSSR count). The van der Waals surface area contributed by atoms with Crippen LogP contribution in [0.15, 0.2) is 48.9 Å². The van der Waals surface area contributed by atoms with Gasteiger partial charge in [-0.3, -0.25) is 0 Å². The van der Waals surface area contributed by atoms with Gasteiger partial charge in [0, 0.05) is 11.0 Å². The van der Waals surface area contributed by atoms with Gasteiger partial charge in [-0.1, -0.05) is 18.2 Å². The highest BCUT2D eigenvalue weighted by molar-refractivity contribution is 9.13. The molecule has 1 aromatic heterocycles. The van der Waals surface area contributed by atoms with Crippen LogP contribution in [0.25, 0.3) is 0 Å². The predicted octanol–water partition coefficient (Wildman–Crippen LogP) is 3.63. The Morgan fingerprint density at radius 2 is 1.90 bits per heavy atom. The third-order valence-electron chi connectivity index (χ3n) is 2.29. The van der Waals surface area contributed by atoms with Crippen LogP contribution in [0.4, 0.5) is 0 Å². The van der Waals surface area contributed by atoms with E-state index in [-0.39, 0.29) is 17.4 Å². The molecule has 0 spiro atoms. The van der Waals surface area contributed by atoms with Gasteiger partial charge in [0.15, 0.2) is 0 Å². The number of ether oxygens (including phenoxy) is 1. The third kappa shape index (κ3) is 4.29. The second kappa shape index (κ2) is 7.04. The van der Waals surface area contributed by atoms with Gasteiger partial charge < -0.3 is 4.74 Å². The number of sulfonamides is 1. The Hall–Kier alpha value is -0.410. The maximum Gasteiger partial charge on any atom is 0.250 e. The number of hydrogen-bond donors (Lipinski definition) is 1. The first kappa shape index (κ1) is 16.0. The van der Waals surface area contributed by atoms with Gasteiger partial charge in [0.2, 0.25) is 10.0 Å². The molecule has 0 atom stereocenters. The van der Waals surface area contributed by atoms with E-state index in [2.05, 4.69) is 36.6 Å². The zero-order valence-corrected chi connectivity index (χ0v) is 15.0. The van der Waals surface area contributed by atoms with E-state index in [1.54, 1.807) is 6.07 Å². The maximum atomic E-state index is 12.0. The van der Waals surface area contributed by atoms with Crippen LogP contribution in [0.5, 0.6) is 5.75 Å². The molecule has 0 aliphatic rings. The van der Waals surface area contributed by atoms with Crippen molar-refractivity contribution in [1.29, 1.82) is 0 Å². The van der Waals surface area contributed by atoms with E-state index < -0.39 is 10.0 Å². The van der Waals surface area contributed by atoms with Crippen LogP contribution in [0.3, 0.4) is 0 Å². The summed E-state index contributed by atoms with van der Waals surface area (Å²) in [7, 11) is -3.49. The molecule has 1 aromatic carbocycles. The minimum Gasteiger partial charge on any atom is -0.492 e. The SMILES string of the molecule is O=S(=O)(NCCOc1ccccc1)c1cc(Br)c(Br)s1. The lowest BCUT2D eigenvalue weighted by molar-refractivity contribution is 0.323. The summed E-state index contributed by atoms with van der Waals surface area (Å²) in [4.78, 5) is 0. The van der Waals surface area contributed by atoms with Crippen molar-refractivity contribution in [2.75, 3.05) is 13.2 Å². The van der Waals surface area contributed by atoms with Gasteiger partial charge in [0.25, 0.3) is 0 Å². The molecule has 0 saturated carbocycles. The van der Waals surface area contributed by atoms with Crippen molar-refractivity contribution < 1.29 is 13.2 Å². The summed E-state index contributed by atoms with van der Waals surface area (Å²) in [5, 5.41) is 0. The quantitative estimate of drug-likeness (QED) is 0.697. The average molecular weight is 441 g/mol. The lowest BCUT2D eigenvalue weighted by Crippen LogP contribution is -2.27. The molecular weight excluding hydrogens is 430 g/mol. The molecule has 0 fully saturated rings. The summed E-state index contributed by atoms with van der Waals surface area (Å²) < 4.78 is 33.7. The van der Waals surface area contributed by atoms with E-state index in [0.717, 1.165) is 19.6 Å². The molecule has 108 valence electrons. The van der Waals surface area contributed by atoms with Crippen molar-refractivity contribution >= 4 is 53.2 Å². The first-order chi connectivity index (χ1) is 9.49. The Kier molecular flexibility index (Phi) is 5.62. The molecule has 2 aromatic rings. The van der Waals surface area contributed by atoms with E-state index >= 15 is 0 Å². The largest absolute Gasteiger partial charge is 0.492 e. The van der Waals surface area contributed by atoms with Gasteiger partial charge in [-0.2, -0.15) is 0 Å². The zero-order chi connectivity index (χ0) is 14.6. The van der Waals surface area contributed by atoms with E-state index in [4.69, 9.17) is 4.74 Å². The van der Waals surface area contributed by atoms with Crippen LogP contribution in [0, 0.1) is 0 Å². The number of thiophene rings is 1. The van der Waals surface area contributed by atoms with Gasteiger partial charge in [0.05, 0.1) is 3.79 Å². The maximum absolute atomic E-state index is 12.0. The second-order valence-electron chi connectivity index (χ2n) is 3.75. The number of nitrogens with one attached hydrogen (secondary N) is 1. The fourth-order valence-corrected chi connectivity index (χ4v) is 5.27. The topological polar surface area (TPSA) is 55.4 Å². The first-order valence-corrected chi connectivity index (χ1v) is 9.50. The molecule has 0 amide bonds. The van der Waals surface area contributed by atoms with Gasteiger partial charge >= 0.3 is 0 Å². The van der Waals surface area contributed by atoms with Crippen molar-refractivity contribution in [2.45, 2.75) is 4.21 Å². The average Bonchev–Trinajstić information content (AvgIpc) is 2.77.